The van der Waals surface area contributed by atoms with Gasteiger partial charge >= 0.3 is 0 Å². The van der Waals surface area contributed by atoms with E-state index in [1.807, 2.05) is 6.92 Å². The summed E-state index contributed by atoms with van der Waals surface area (Å²) in [5.41, 5.74) is 0. The zero-order chi connectivity index (χ0) is 9.30. The smallest absolute Gasteiger partial charge is 0.181 e. The SMILES string of the molecule is CCC1OC(O)C(O)[C@@H](C)[C@H]1O. The van der Waals surface area contributed by atoms with Crippen LogP contribution in [-0.4, -0.2) is 39.9 Å². The van der Waals surface area contributed by atoms with Crippen molar-refractivity contribution in [1.29, 1.82) is 0 Å². The van der Waals surface area contributed by atoms with Gasteiger partial charge in [-0.2, -0.15) is 0 Å². The molecule has 0 amide bonds. The van der Waals surface area contributed by atoms with Crippen molar-refractivity contribution in [2.45, 2.75) is 44.9 Å². The summed E-state index contributed by atoms with van der Waals surface area (Å²) in [5, 5.41) is 28.0. The van der Waals surface area contributed by atoms with Gasteiger partial charge in [0.15, 0.2) is 6.29 Å². The van der Waals surface area contributed by atoms with Crippen LogP contribution in [-0.2, 0) is 4.74 Å². The molecule has 1 saturated heterocycles. The zero-order valence-corrected chi connectivity index (χ0v) is 7.34. The van der Waals surface area contributed by atoms with Gasteiger partial charge in [-0.05, 0) is 6.42 Å². The Bertz CT molecular complexity index is 145. The topological polar surface area (TPSA) is 69.9 Å². The Balaban J connectivity index is 2.63. The summed E-state index contributed by atoms with van der Waals surface area (Å²) in [6, 6.07) is 0. The van der Waals surface area contributed by atoms with E-state index in [0.29, 0.717) is 6.42 Å². The molecular weight excluding hydrogens is 160 g/mol. The van der Waals surface area contributed by atoms with Crippen LogP contribution in [0.5, 0.6) is 0 Å². The van der Waals surface area contributed by atoms with E-state index in [4.69, 9.17) is 4.74 Å². The lowest BCUT2D eigenvalue weighted by Crippen LogP contribution is -2.52. The maximum Gasteiger partial charge on any atom is 0.181 e. The van der Waals surface area contributed by atoms with Crippen molar-refractivity contribution >= 4 is 0 Å². The Hall–Kier alpha value is -0.160. The van der Waals surface area contributed by atoms with Crippen LogP contribution < -0.4 is 0 Å². The fourth-order valence-corrected chi connectivity index (χ4v) is 1.48. The van der Waals surface area contributed by atoms with Crippen molar-refractivity contribution in [3.8, 4) is 0 Å². The third-order valence-electron chi connectivity index (χ3n) is 2.47. The summed E-state index contributed by atoms with van der Waals surface area (Å²) < 4.78 is 4.99. The van der Waals surface area contributed by atoms with E-state index in [1.54, 1.807) is 6.92 Å². The Morgan fingerprint density at radius 3 is 2.25 bits per heavy atom. The summed E-state index contributed by atoms with van der Waals surface area (Å²) in [4.78, 5) is 0. The highest BCUT2D eigenvalue weighted by Gasteiger charge is 2.40. The summed E-state index contributed by atoms with van der Waals surface area (Å²) >= 11 is 0. The molecule has 12 heavy (non-hydrogen) atoms. The molecule has 4 nitrogen and oxygen atoms in total. The van der Waals surface area contributed by atoms with Crippen molar-refractivity contribution in [2.24, 2.45) is 5.92 Å². The predicted octanol–water partition coefficient (Wildman–Crippen LogP) is -0.529. The first-order chi connectivity index (χ1) is 5.57. The standard InChI is InChI=1S/C8H16O4/c1-3-5-6(9)4(2)7(10)8(11)12-5/h4-11H,3H2,1-2H3/t4-,5?,6+,7?,8?/m0/s1. The van der Waals surface area contributed by atoms with Crippen LogP contribution in [0.1, 0.15) is 20.3 Å². The lowest BCUT2D eigenvalue weighted by molar-refractivity contribution is -0.265. The second kappa shape index (κ2) is 3.70. The van der Waals surface area contributed by atoms with Crippen molar-refractivity contribution in [3.63, 3.8) is 0 Å². The van der Waals surface area contributed by atoms with Gasteiger partial charge in [0.25, 0.3) is 0 Å². The number of hydrogen-bond donors (Lipinski definition) is 3. The van der Waals surface area contributed by atoms with Gasteiger partial charge in [0.05, 0.1) is 12.2 Å². The molecule has 1 aliphatic rings. The average Bonchev–Trinajstić information content (AvgIpc) is 2.08. The van der Waals surface area contributed by atoms with Gasteiger partial charge in [-0.1, -0.05) is 13.8 Å². The minimum atomic E-state index is -1.16. The van der Waals surface area contributed by atoms with Crippen LogP contribution in [0, 0.1) is 5.92 Å². The predicted molar refractivity (Wildman–Crippen MR) is 42.3 cm³/mol. The molecule has 72 valence electrons. The molecule has 5 atom stereocenters. The monoisotopic (exact) mass is 176 g/mol. The van der Waals surface area contributed by atoms with E-state index in [-0.39, 0.29) is 12.0 Å². The summed E-state index contributed by atoms with van der Waals surface area (Å²) in [5.74, 6) is -0.335. The van der Waals surface area contributed by atoms with E-state index < -0.39 is 18.5 Å². The molecule has 3 N–H and O–H groups in total. The largest absolute Gasteiger partial charge is 0.390 e. The second-order valence-electron chi connectivity index (χ2n) is 3.31. The molecule has 0 aromatic rings. The molecular formula is C8H16O4. The summed E-state index contributed by atoms with van der Waals surface area (Å²) in [6.45, 7) is 3.56. The summed E-state index contributed by atoms with van der Waals surface area (Å²) in [7, 11) is 0. The summed E-state index contributed by atoms with van der Waals surface area (Å²) in [6.07, 6.45) is -2.56. The minimum absolute atomic E-state index is 0.335. The molecule has 3 unspecified atom stereocenters. The van der Waals surface area contributed by atoms with Gasteiger partial charge in [0.1, 0.15) is 6.10 Å². The Morgan fingerprint density at radius 2 is 1.75 bits per heavy atom. The highest BCUT2D eigenvalue weighted by atomic mass is 16.6. The van der Waals surface area contributed by atoms with E-state index in [9.17, 15) is 15.3 Å². The number of ether oxygens (including phenoxy) is 1. The minimum Gasteiger partial charge on any atom is -0.390 e. The first-order valence-corrected chi connectivity index (χ1v) is 4.27. The molecule has 0 spiro atoms. The average molecular weight is 176 g/mol. The van der Waals surface area contributed by atoms with E-state index in [0.717, 1.165) is 0 Å². The first kappa shape index (κ1) is 9.92. The first-order valence-electron chi connectivity index (χ1n) is 4.27. The lowest BCUT2D eigenvalue weighted by atomic mass is 9.90. The fraction of sp³-hybridized carbons (Fsp3) is 1.00. The van der Waals surface area contributed by atoms with Crippen LogP contribution in [0.2, 0.25) is 0 Å². The van der Waals surface area contributed by atoms with Gasteiger partial charge < -0.3 is 20.1 Å². The van der Waals surface area contributed by atoms with Crippen LogP contribution in [0.4, 0.5) is 0 Å². The molecule has 0 aromatic heterocycles. The van der Waals surface area contributed by atoms with Crippen LogP contribution in [0.15, 0.2) is 0 Å². The van der Waals surface area contributed by atoms with Crippen molar-refractivity contribution in [3.05, 3.63) is 0 Å². The van der Waals surface area contributed by atoms with Crippen LogP contribution >= 0.6 is 0 Å². The van der Waals surface area contributed by atoms with Gasteiger partial charge in [0, 0.05) is 5.92 Å². The van der Waals surface area contributed by atoms with Crippen LogP contribution in [0.25, 0.3) is 0 Å². The third-order valence-corrected chi connectivity index (χ3v) is 2.47. The number of aliphatic hydroxyl groups excluding tert-OH is 3. The molecule has 0 bridgehead atoms. The molecule has 1 fully saturated rings. The van der Waals surface area contributed by atoms with Gasteiger partial charge in [-0.3, -0.25) is 0 Å². The Labute approximate surface area is 71.8 Å². The maximum atomic E-state index is 9.53. The Kier molecular flexibility index (Phi) is 3.06. The van der Waals surface area contributed by atoms with Crippen molar-refractivity contribution in [2.75, 3.05) is 0 Å². The number of hydrogen-bond acceptors (Lipinski definition) is 4. The Morgan fingerprint density at radius 1 is 1.17 bits per heavy atom. The lowest BCUT2D eigenvalue weighted by Gasteiger charge is -2.39. The van der Waals surface area contributed by atoms with E-state index in [2.05, 4.69) is 0 Å². The number of aliphatic hydroxyl groups is 3. The second-order valence-corrected chi connectivity index (χ2v) is 3.31. The third kappa shape index (κ3) is 1.61. The molecule has 1 rings (SSSR count). The highest BCUT2D eigenvalue weighted by molar-refractivity contribution is 4.85. The van der Waals surface area contributed by atoms with Gasteiger partial charge in [-0.25, -0.2) is 0 Å². The molecule has 0 saturated carbocycles. The molecule has 0 radical (unpaired) electrons. The highest BCUT2D eigenvalue weighted by Crippen LogP contribution is 2.25. The van der Waals surface area contributed by atoms with Crippen LogP contribution in [0.3, 0.4) is 0 Å². The molecule has 4 heteroatoms. The van der Waals surface area contributed by atoms with Crippen molar-refractivity contribution < 1.29 is 20.1 Å². The molecule has 1 heterocycles. The maximum absolute atomic E-state index is 9.53. The molecule has 0 aliphatic carbocycles. The van der Waals surface area contributed by atoms with Gasteiger partial charge in [0.2, 0.25) is 0 Å². The zero-order valence-electron chi connectivity index (χ0n) is 7.34. The molecule has 1 aliphatic heterocycles. The molecule has 0 aromatic carbocycles. The quantitative estimate of drug-likeness (QED) is 0.502. The van der Waals surface area contributed by atoms with Gasteiger partial charge in [-0.15, -0.1) is 0 Å². The van der Waals surface area contributed by atoms with E-state index >= 15 is 0 Å². The fourth-order valence-electron chi connectivity index (χ4n) is 1.48. The van der Waals surface area contributed by atoms with Crippen molar-refractivity contribution in [1.82, 2.24) is 0 Å². The van der Waals surface area contributed by atoms with E-state index in [1.165, 1.54) is 0 Å². The number of rotatable bonds is 1. The normalized spacial score (nSPS) is 49.2.